The number of aromatic nitrogens is 1. The van der Waals surface area contributed by atoms with Crippen LogP contribution in [0.1, 0.15) is 50.4 Å². The third-order valence-corrected chi connectivity index (χ3v) is 7.62. The van der Waals surface area contributed by atoms with Gasteiger partial charge in [0.25, 0.3) is 11.8 Å². The van der Waals surface area contributed by atoms with E-state index in [9.17, 15) is 23.6 Å². The maximum absolute atomic E-state index is 14.2. The number of fused-ring (bicyclic) bond motifs is 1. The van der Waals surface area contributed by atoms with Gasteiger partial charge in [-0.05, 0) is 67.3 Å². The van der Waals surface area contributed by atoms with Gasteiger partial charge in [-0.3, -0.25) is 19.7 Å². The highest BCUT2D eigenvalue weighted by molar-refractivity contribution is 6.35. The molecule has 5 amide bonds. The first-order valence-corrected chi connectivity index (χ1v) is 13.9. The molecular weight excluding hydrogens is 557 g/mol. The van der Waals surface area contributed by atoms with Gasteiger partial charge in [0.2, 0.25) is 5.91 Å². The number of imide groups is 1. The largest absolute Gasteiger partial charge is 0.392 e. The van der Waals surface area contributed by atoms with Gasteiger partial charge in [-0.2, -0.15) is 0 Å². The summed E-state index contributed by atoms with van der Waals surface area (Å²) in [7, 11) is 0. The van der Waals surface area contributed by atoms with Crippen LogP contribution in [0.15, 0.2) is 36.4 Å². The Morgan fingerprint density at radius 3 is 2.60 bits per heavy atom. The number of aromatic amines is 1. The summed E-state index contributed by atoms with van der Waals surface area (Å²) >= 11 is 0. The van der Waals surface area contributed by atoms with Crippen LogP contribution in [0.25, 0.3) is 11.6 Å². The van der Waals surface area contributed by atoms with E-state index in [2.05, 4.69) is 20.9 Å². The number of aliphatic hydroxyl groups is 1. The molecule has 0 saturated carbocycles. The number of aryl methyl sites for hydroxylation is 1. The number of carbonyl (C=O) groups is 4. The van der Waals surface area contributed by atoms with Crippen molar-refractivity contribution in [2.24, 2.45) is 0 Å². The Hall–Kier alpha value is -4.81. The first kappa shape index (κ1) is 29.7. The first-order valence-electron chi connectivity index (χ1n) is 13.9. The number of hydrogen-bond donors (Lipinski definition) is 5. The van der Waals surface area contributed by atoms with Gasteiger partial charge in [0.1, 0.15) is 5.82 Å². The fourth-order valence-electron chi connectivity index (χ4n) is 5.27. The molecule has 1 aromatic heterocycles. The second-order valence-corrected chi connectivity index (χ2v) is 10.4. The summed E-state index contributed by atoms with van der Waals surface area (Å²) in [6.07, 6.45) is 2.74. The number of urea groups is 1. The number of hydrogen-bond acceptors (Lipinski definition) is 6. The van der Waals surface area contributed by atoms with E-state index in [1.807, 2.05) is 18.7 Å². The average molecular weight is 590 g/mol. The molecule has 0 radical (unpaired) electrons. The molecule has 1 fully saturated rings. The number of ether oxygens (including phenoxy) is 1. The van der Waals surface area contributed by atoms with Gasteiger partial charge in [0.15, 0.2) is 0 Å². The lowest BCUT2D eigenvalue weighted by Gasteiger charge is -2.26. The number of nitrogens with one attached hydrogen (secondary N) is 4. The van der Waals surface area contributed by atoms with Crippen LogP contribution >= 0.6 is 0 Å². The fourth-order valence-corrected chi connectivity index (χ4v) is 5.27. The lowest BCUT2D eigenvalue weighted by atomic mass is 10.0. The number of H-pyrrole nitrogens is 1. The van der Waals surface area contributed by atoms with Crippen molar-refractivity contribution in [3.05, 3.63) is 81.4 Å². The quantitative estimate of drug-likeness (QED) is 0.266. The van der Waals surface area contributed by atoms with Crippen LogP contribution in [0.5, 0.6) is 0 Å². The standard InChI is InChI=1S/C31H32FN5O6/c1-17-21(7-8-28(39)37-9-11-43-12-10-37)18(2)33-26(17)15-24-22-6-4-20(14-27(22)35-30(24)41)34-31(42)36-29(40)23-5-3-19(16-38)13-25(23)32/h3-6,13-15,33,38H,7-12,16H2,1-2H3,(H,35,41)(H2,34,36,40,42). The maximum atomic E-state index is 14.2. The fraction of sp³-hybridized carbons (Fsp3) is 0.290. The average Bonchev–Trinajstić information content (AvgIpc) is 3.44. The summed E-state index contributed by atoms with van der Waals surface area (Å²) in [6, 6.07) is 7.53. The predicted octanol–water partition coefficient (Wildman–Crippen LogP) is 3.51. The van der Waals surface area contributed by atoms with Crippen molar-refractivity contribution in [3.63, 3.8) is 0 Å². The third kappa shape index (κ3) is 6.50. The zero-order valence-electron chi connectivity index (χ0n) is 23.8. The molecule has 3 heterocycles. The number of morpholine rings is 1. The van der Waals surface area contributed by atoms with Gasteiger partial charge in [0.05, 0.1) is 36.6 Å². The number of aliphatic hydroxyl groups excluding tert-OH is 1. The predicted molar refractivity (Wildman–Crippen MR) is 158 cm³/mol. The topological polar surface area (TPSA) is 153 Å². The summed E-state index contributed by atoms with van der Waals surface area (Å²) in [5.41, 5.74) is 5.50. The molecule has 2 aliphatic heterocycles. The van der Waals surface area contributed by atoms with Gasteiger partial charge in [0, 0.05) is 42.1 Å². The maximum Gasteiger partial charge on any atom is 0.326 e. The molecule has 1 saturated heterocycles. The molecule has 5 rings (SSSR count). The summed E-state index contributed by atoms with van der Waals surface area (Å²) < 4.78 is 19.5. The second-order valence-electron chi connectivity index (χ2n) is 10.4. The SMILES string of the molecule is Cc1[nH]c(C=C2C(=O)Nc3cc(NC(=O)NC(=O)c4ccc(CO)cc4F)ccc32)c(C)c1CCC(=O)N1CCOCC1. The molecule has 12 heteroatoms. The molecule has 2 aliphatic rings. The monoisotopic (exact) mass is 589 g/mol. The van der Waals surface area contributed by atoms with Crippen LogP contribution < -0.4 is 16.0 Å². The van der Waals surface area contributed by atoms with E-state index in [1.54, 1.807) is 24.3 Å². The highest BCUT2D eigenvalue weighted by atomic mass is 19.1. The Balaban J connectivity index is 1.26. The van der Waals surface area contributed by atoms with E-state index < -0.39 is 17.8 Å². The van der Waals surface area contributed by atoms with E-state index in [1.165, 1.54) is 12.1 Å². The molecule has 0 bridgehead atoms. The lowest BCUT2D eigenvalue weighted by molar-refractivity contribution is -0.135. The van der Waals surface area contributed by atoms with Gasteiger partial charge >= 0.3 is 6.03 Å². The lowest BCUT2D eigenvalue weighted by Crippen LogP contribution is -2.40. The number of rotatable bonds is 7. The number of halogens is 1. The minimum atomic E-state index is -0.944. The molecule has 43 heavy (non-hydrogen) atoms. The van der Waals surface area contributed by atoms with E-state index >= 15 is 0 Å². The number of amides is 5. The molecule has 0 aliphatic carbocycles. The third-order valence-electron chi connectivity index (χ3n) is 7.62. The van der Waals surface area contributed by atoms with Gasteiger partial charge in [-0.1, -0.05) is 12.1 Å². The number of nitrogens with zero attached hydrogens (tertiary/aromatic N) is 1. The van der Waals surface area contributed by atoms with Crippen molar-refractivity contribution in [1.82, 2.24) is 15.2 Å². The number of carbonyl (C=O) groups excluding carboxylic acids is 4. The summed E-state index contributed by atoms with van der Waals surface area (Å²) in [5.74, 6) is -2.03. The van der Waals surface area contributed by atoms with Crippen LogP contribution in [-0.4, -0.2) is 65.0 Å². The summed E-state index contributed by atoms with van der Waals surface area (Å²) in [6.45, 7) is 5.85. The molecular formula is C31H32FN5O6. The van der Waals surface area contributed by atoms with Gasteiger partial charge in [-0.25, -0.2) is 9.18 Å². The van der Waals surface area contributed by atoms with Gasteiger partial charge < -0.3 is 30.4 Å². The van der Waals surface area contributed by atoms with Crippen LogP contribution in [0.3, 0.4) is 0 Å². The molecule has 2 aromatic carbocycles. The minimum Gasteiger partial charge on any atom is -0.392 e. The van der Waals surface area contributed by atoms with Crippen LogP contribution in [-0.2, 0) is 27.4 Å². The van der Waals surface area contributed by atoms with Gasteiger partial charge in [-0.15, -0.1) is 0 Å². The first-order chi connectivity index (χ1) is 20.6. The van der Waals surface area contributed by atoms with Crippen molar-refractivity contribution >= 4 is 46.8 Å². The Kier molecular flexibility index (Phi) is 8.69. The Labute approximate surface area is 247 Å². The van der Waals surface area contributed by atoms with E-state index in [4.69, 9.17) is 9.84 Å². The molecule has 0 spiro atoms. The highest BCUT2D eigenvalue weighted by Gasteiger charge is 2.26. The normalized spacial score (nSPS) is 15.3. The van der Waals surface area contributed by atoms with Crippen molar-refractivity contribution in [2.75, 3.05) is 36.9 Å². The van der Waals surface area contributed by atoms with Crippen LogP contribution in [0.2, 0.25) is 0 Å². The zero-order valence-corrected chi connectivity index (χ0v) is 23.8. The molecule has 0 atom stereocenters. The Bertz CT molecular complexity index is 1640. The van der Waals surface area contributed by atoms with Crippen LogP contribution in [0, 0.1) is 19.7 Å². The Morgan fingerprint density at radius 1 is 1.12 bits per heavy atom. The summed E-state index contributed by atoms with van der Waals surface area (Å²) in [4.78, 5) is 55.5. The zero-order chi connectivity index (χ0) is 30.7. The van der Waals surface area contributed by atoms with E-state index in [0.29, 0.717) is 67.2 Å². The number of anilines is 2. The minimum absolute atomic E-state index is 0.0960. The van der Waals surface area contributed by atoms with E-state index in [0.717, 1.165) is 28.6 Å². The van der Waals surface area contributed by atoms with E-state index in [-0.39, 0.29) is 24.0 Å². The number of benzene rings is 2. The second kappa shape index (κ2) is 12.6. The molecule has 0 unspecified atom stereocenters. The molecule has 5 N–H and O–H groups in total. The van der Waals surface area contributed by atoms with Crippen molar-refractivity contribution in [1.29, 1.82) is 0 Å². The molecule has 11 nitrogen and oxygen atoms in total. The van der Waals surface area contributed by atoms with Crippen molar-refractivity contribution < 1.29 is 33.4 Å². The molecule has 3 aromatic rings. The van der Waals surface area contributed by atoms with Crippen molar-refractivity contribution in [3.8, 4) is 0 Å². The smallest absolute Gasteiger partial charge is 0.326 e. The highest BCUT2D eigenvalue weighted by Crippen LogP contribution is 2.36. The van der Waals surface area contributed by atoms with Crippen molar-refractivity contribution in [2.45, 2.75) is 33.3 Å². The van der Waals surface area contributed by atoms with Crippen LogP contribution in [0.4, 0.5) is 20.6 Å². The molecule has 224 valence electrons. The Morgan fingerprint density at radius 2 is 1.88 bits per heavy atom. The summed E-state index contributed by atoms with van der Waals surface area (Å²) in [5, 5.41) is 16.5.